The molecule has 3 N–H and O–H groups in total. The first-order chi connectivity index (χ1) is 12.1. The first-order valence-electron chi connectivity index (χ1n) is 7.88. The number of pyridine rings is 2. The van der Waals surface area contributed by atoms with Crippen LogP contribution in [0.5, 0.6) is 0 Å². The molecule has 0 saturated carbocycles. The Hall–Kier alpha value is -3.35. The van der Waals surface area contributed by atoms with Crippen LogP contribution in [0.15, 0.2) is 43.0 Å². The van der Waals surface area contributed by atoms with Gasteiger partial charge in [-0.05, 0) is 30.7 Å². The molecule has 0 aliphatic rings. The zero-order valence-corrected chi connectivity index (χ0v) is 14.0. The summed E-state index contributed by atoms with van der Waals surface area (Å²) in [6.07, 6.45) is 5.18. The van der Waals surface area contributed by atoms with Crippen molar-refractivity contribution >= 4 is 23.1 Å². The van der Waals surface area contributed by atoms with Crippen molar-refractivity contribution in [2.24, 2.45) is 0 Å². The zero-order valence-electron chi connectivity index (χ0n) is 14.0. The molecule has 0 aliphatic heterocycles. The molecule has 3 aromatic heterocycles. The third-order valence-electron chi connectivity index (χ3n) is 3.74. The number of anilines is 3. The predicted octanol–water partition coefficient (Wildman–Crippen LogP) is 3.16. The summed E-state index contributed by atoms with van der Waals surface area (Å²) in [5.41, 5.74) is 9.36. The van der Waals surface area contributed by atoms with Gasteiger partial charge < -0.3 is 11.1 Å². The molecule has 0 unspecified atom stereocenters. The SMILES string of the molecule is CCC(=O)c1cc(C)c(Nc2ncccc2-c2cc(N)ncn2)cn1. The van der Waals surface area contributed by atoms with Gasteiger partial charge in [0.15, 0.2) is 5.78 Å². The minimum atomic E-state index is 0.0182. The van der Waals surface area contributed by atoms with Crippen molar-refractivity contribution in [2.45, 2.75) is 20.3 Å². The van der Waals surface area contributed by atoms with E-state index in [9.17, 15) is 4.79 Å². The molecule has 7 heteroatoms. The van der Waals surface area contributed by atoms with Crippen molar-refractivity contribution in [3.63, 3.8) is 0 Å². The van der Waals surface area contributed by atoms with E-state index in [1.54, 1.807) is 24.5 Å². The third kappa shape index (κ3) is 3.60. The summed E-state index contributed by atoms with van der Waals surface area (Å²) in [6.45, 7) is 3.74. The number of carbonyl (C=O) groups excluding carboxylic acids is 1. The summed E-state index contributed by atoms with van der Waals surface area (Å²) in [4.78, 5) is 28.6. The summed E-state index contributed by atoms with van der Waals surface area (Å²) in [5, 5.41) is 3.26. The van der Waals surface area contributed by atoms with E-state index in [1.807, 2.05) is 26.0 Å². The minimum absolute atomic E-state index is 0.0182. The summed E-state index contributed by atoms with van der Waals surface area (Å²) in [5.74, 6) is 1.03. The molecular formula is C18H18N6O. The van der Waals surface area contributed by atoms with Crippen molar-refractivity contribution in [1.29, 1.82) is 0 Å². The number of carbonyl (C=O) groups is 1. The van der Waals surface area contributed by atoms with Gasteiger partial charge >= 0.3 is 0 Å². The molecular weight excluding hydrogens is 316 g/mol. The minimum Gasteiger partial charge on any atom is -0.384 e. The first-order valence-corrected chi connectivity index (χ1v) is 7.88. The van der Waals surface area contributed by atoms with E-state index in [2.05, 4.69) is 25.3 Å². The molecule has 0 saturated heterocycles. The van der Waals surface area contributed by atoms with Crippen LogP contribution in [-0.2, 0) is 0 Å². The molecule has 0 fully saturated rings. The zero-order chi connectivity index (χ0) is 17.8. The monoisotopic (exact) mass is 334 g/mol. The fourth-order valence-electron chi connectivity index (χ4n) is 2.38. The van der Waals surface area contributed by atoms with E-state index < -0.39 is 0 Å². The van der Waals surface area contributed by atoms with Gasteiger partial charge in [-0.15, -0.1) is 0 Å². The van der Waals surface area contributed by atoms with E-state index in [0.29, 0.717) is 29.4 Å². The lowest BCUT2D eigenvalue weighted by molar-refractivity contribution is 0.0983. The van der Waals surface area contributed by atoms with Crippen molar-refractivity contribution in [3.8, 4) is 11.3 Å². The van der Waals surface area contributed by atoms with Crippen LogP contribution in [0, 0.1) is 6.92 Å². The Labute approximate surface area is 145 Å². The van der Waals surface area contributed by atoms with E-state index in [0.717, 1.165) is 16.8 Å². The number of hydrogen-bond donors (Lipinski definition) is 2. The Balaban J connectivity index is 1.95. The van der Waals surface area contributed by atoms with Crippen LogP contribution in [0.3, 0.4) is 0 Å². The normalized spacial score (nSPS) is 10.5. The van der Waals surface area contributed by atoms with Crippen molar-refractivity contribution < 1.29 is 4.79 Å². The van der Waals surface area contributed by atoms with Crippen LogP contribution in [0.1, 0.15) is 29.4 Å². The Morgan fingerprint density at radius 2 is 2.04 bits per heavy atom. The lowest BCUT2D eigenvalue weighted by Crippen LogP contribution is -2.04. The van der Waals surface area contributed by atoms with Gasteiger partial charge in [0.05, 0.1) is 17.6 Å². The van der Waals surface area contributed by atoms with Crippen molar-refractivity contribution in [2.75, 3.05) is 11.1 Å². The highest BCUT2D eigenvalue weighted by atomic mass is 16.1. The summed E-state index contributed by atoms with van der Waals surface area (Å²) in [6, 6.07) is 7.19. The summed E-state index contributed by atoms with van der Waals surface area (Å²) in [7, 11) is 0. The van der Waals surface area contributed by atoms with Gasteiger partial charge in [0.1, 0.15) is 23.7 Å². The molecule has 7 nitrogen and oxygen atoms in total. The summed E-state index contributed by atoms with van der Waals surface area (Å²) >= 11 is 0. The maximum absolute atomic E-state index is 11.8. The van der Waals surface area contributed by atoms with Crippen molar-refractivity contribution in [1.82, 2.24) is 19.9 Å². The lowest BCUT2D eigenvalue weighted by atomic mass is 10.1. The van der Waals surface area contributed by atoms with Crippen LogP contribution in [0.2, 0.25) is 0 Å². The van der Waals surface area contributed by atoms with Crippen LogP contribution in [0.4, 0.5) is 17.3 Å². The fraction of sp³-hybridized carbons (Fsp3) is 0.167. The van der Waals surface area contributed by atoms with Gasteiger partial charge in [-0.1, -0.05) is 6.92 Å². The molecule has 25 heavy (non-hydrogen) atoms. The number of nitrogens with one attached hydrogen (secondary N) is 1. The Morgan fingerprint density at radius 1 is 1.20 bits per heavy atom. The number of aryl methyl sites for hydroxylation is 1. The van der Waals surface area contributed by atoms with Gasteiger partial charge in [-0.2, -0.15) is 0 Å². The molecule has 3 heterocycles. The number of Topliss-reactive ketones (excluding diaryl/α,β-unsaturated/α-hetero) is 1. The Kier molecular flexibility index (Phi) is 4.65. The highest BCUT2D eigenvalue weighted by Crippen LogP contribution is 2.28. The second-order valence-electron chi connectivity index (χ2n) is 5.51. The van der Waals surface area contributed by atoms with Gasteiger partial charge in [0.25, 0.3) is 0 Å². The van der Waals surface area contributed by atoms with Crippen LogP contribution >= 0.6 is 0 Å². The quantitative estimate of drug-likeness (QED) is 0.690. The molecule has 126 valence electrons. The van der Waals surface area contributed by atoms with E-state index >= 15 is 0 Å². The average Bonchev–Trinajstić information content (AvgIpc) is 2.63. The maximum Gasteiger partial charge on any atom is 0.180 e. The van der Waals surface area contributed by atoms with Gasteiger partial charge in [0, 0.05) is 24.2 Å². The number of nitrogen functional groups attached to an aromatic ring is 1. The van der Waals surface area contributed by atoms with E-state index in [-0.39, 0.29) is 5.78 Å². The third-order valence-corrected chi connectivity index (χ3v) is 3.74. The molecule has 0 aliphatic carbocycles. The van der Waals surface area contributed by atoms with Gasteiger partial charge in [0.2, 0.25) is 0 Å². The number of nitrogens with two attached hydrogens (primary N) is 1. The topological polar surface area (TPSA) is 107 Å². The second kappa shape index (κ2) is 7.04. The van der Waals surface area contributed by atoms with E-state index in [4.69, 9.17) is 5.73 Å². The molecule has 0 amide bonds. The molecule has 0 radical (unpaired) electrons. The standard InChI is InChI=1S/C18H18N6O/c1-3-16(25)14-7-11(2)15(9-21-14)24-18-12(5-4-6-20-18)13-8-17(19)23-10-22-13/h4-10H,3H2,1-2H3,(H,20,24)(H2,19,22,23). The molecule has 0 atom stereocenters. The molecule has 3 rings (SSSR count). The van der Waals surface area contributed by atoms with Crippen molar-refractivity contribution in [3.05, 3.63) is 54.2 Å². The van der Waals surface area contributed by atoms with Crippen LogP contribution in [-0.4, -0.2) is 25.7 Å². The van der Waals surface area contributed by atoms with Crippen LogP contribution < -0.4 is 11.1 Å². The number of nitrogens with zero attached hydrogens (tertiary/aromatic N) is 4. The molecule has 0 aromatic carbocycles. The number of rotatable bonds is 5. The van der Waals surface area contributed by atoms with Crippen LogP contribution in [0.25, 0.3) is 11.3 Å². The smallest absolute Gasteiger partial charge is 0.180 e. The highest BCUT2D eigenvalue weighted by Gasteiger charge is 2.12. The largest absolute Gasteiger partial charge is 0.384 e. The predicted molar refractivity (Wildman–Crippen MR) is 96.6 cm³/mol. The molecule has 0 spiro atoms. The highest BCUT2D eigenvalue weighted by molar-refractivity contribution is 5.94. The Bertz CT molecular complexity index is 925. The first kappa shape index (κ1) is 16.5. The number of hydrogen-bond acceptors (Lipinski definition) is 7. The number of ketones is 1. The van der Waals surface area contributed by atoms with Gasteiger partial charge in [-0.3, -0.25) is 9.78 Å². The molecule has 3 aromatic rings. The van der Waals surface area contributed by atoms with Gasteiger partial charge in [-0.25, -0.2) is 15.0 Å². The summed E-state index contributed by atoms with van der Waals surface area (Å²) < 4.78 is 0. The second-order valence-corrected chi connectivity index (χ2v) is 5.51. The average molecular weight is 334 g/mol. The van der Waals surface area contributed by atoms with E-state index in [1.165, 1.54) is 6.33 Å². The maximum atomic E-state index is 11.8. The number of aromatic nitrogens is 4. The molecule has 0 bridgehead atoms. The fourth-order valence-corrected chi connectivity index (χ4v) is 2.38. The Morgan fingerprint density at radius 3 is 2.76 bits per heavy atom. The lowest BCUT2D eigenvalue weighted by Gasteiger charge is -2.13.